The largest absolute Gasteiger partial charge is 0.373 e. The summed E-state index contributed by atoms with van der Waals surface area (Å²) in [6, 6.07) is 0. The molecular formula is C14H22Cl2O3. The van der Waals surface area contributed by atoms with Crippen LogP contribution in [0.5, 0.6) is 0 Å². The van der Waals surface area contributed by atoms with Crippen molar-refractivity contribution in [3.63, 3.8) is 0 Å². The van der Waals surface area contributed by atoms with Crippen LogP contribution in [0.25, 0.3) is 0 Å². The Balaban J connectivity index is 1.75. The molecule has 1 fully saturated rings. The molecule has 5 heteroatoms. The average Bonchev–Trinajstić information content (AvgIpc) is 2.89. The number of hydrogen-bond donors (Lipinski definition) is 0. The Morgan fingerprint density at radius 2 is 2.00 bits per heavy atom. The molecule has 0 aromatic heterocycles. The lowest BCUT2D eigenvalue weighted by molar-refractivity contribution is -0.119. The second-order valence-electron chi connectivity index (χ2n) is 5.31. The van der Waals surface area contributed by atoms with E-state index in [1.54, 1.807) is 0 Å². The standard InChI is InChI=1S/C14H22Cl2O3/c1-10-4-2-3-5-13(10)14-18-9-12(19-14)8-17-11(6-15)7-16/h2-3,10-14H,4-9H2,1H3/t10-,12+,13-,14-/m1/s1. The SMILES string of the molecule is C[C@@H]1CC=CC[C@H]1[C@@H]1OC[C@H](COC(CCl)CCl)O1. The highest BCUT2D eigenvalue weighted by molar-refractivity contribution is 6.21. The third-order valence-electron chi connectivity index (χ3n) is 3.80. The minimum absolute atomic E-state index is 0.00274. The highest BCUT2D eigenvalue weighted by Gasteiger charge is 2.35. The second-order valence-corrected chi connectivity index (χ2v) is 5.92. The Bertz CT molecular complexity index is 294. The molecule has 2 aliphatic rings. The number of ether oxygens (including phenoxy) is 3. The summed E-state index contributed by atoms with van der Waals surface area (Å²) in [6.45, 7) is 3.34. The zero-order chi connectivity index (χ0) is 13.7. The molecule has 3 nitrogen and oxygen atoms in total. The molecule has 4 atom stereocenters. The van der Waals surface area contributed by atoms with Gasteiger partial charge in [0.1, 0.15) is 6.10 Å². The van der Waals surface area contributed by atoms with Gasteiger partial charge >= 0.3 is 0 Å². The molecule has 0 bridgehead atoms. The first-order valence-corrected chi connectivity index (χ1v) is 7.97. The van der Waals surface area contributed by atoms with E-state index in [1.807, 2.05) is 0 Å². The summed E-state index contributed by atoms with van der Waals surface area (Å²) in [7, 11) is 0. The van der Waals surface area contributed by atoms with E-state index in [0.717, 1.165) is 12.8 Å². The fraction of sp³-hybridized carbons (Fsp3) is 0.857. The predicted molar refractivity (Wildman–Crippen MR) is 76.8 cm³/mol. The lowest BCUT2D eigenvalue weighted by atomic mass is 9.84. The lowest BCUT2D eigenvalue weighted by Crippen LogP contribution is -2.30. The van der Waals surface area contributed by atoms with Gasteiger partial charge in [-0.25, -0.2) is 0 Å². The highest BCUT2D eigenvalue weighted by Crippen LogP contribution is 2.33. The number of hydrogen-bond acceptors (Lipinski definition) is 3. The van der Waals surface area contributed by atoms with E-state index in [4.69, 9.17) is 37.4 Å². The van der Waals surface area contributed by atoms with Gasteiger partial charge in [-0.1, -0.05) is 19.1 Å². The van der Waals surface area contributed by atoms with Crippen LogP contribution in [0.1, 0.15) is 19.8 Å². The van der Waals surface area contributed by atoms with Crippen molar-refractivity contribution in [2.45, 2.75) is 38.3 Å². The molecule has 1 heterocycles. The van der Waals surface area contributed by atoms with Crippen LogP contribution in [0, 0.1) is 11.8 Å². The average molecular weight is 309 g/mol. The number of halogens is 2. The van der Waals surface area contributed by atoms with Crippen molar-refractivity contribution < 1.29 is 14.2 Å². The molecule has 0 saturated carbocycles. The monoisotopic (exact) mass is 308 g/mol. The second kappa shape index (κ2) is 7.84. The van der Waals surface area contributed by atoms with E-state index in [9.17, 15) is 0 Å². The van der Waals surface area contributed by atoms with Crippen molar-refractivity contribution in [2.24, 2.45) is 11.8 Å². The molecule has 110 valence electrons. The first-order valence-electron chi connectivity index (χ1n) is 6.90. The molecule has 0 amide bonds. The first-order chi connectivity index (χ1) is 9.24. The van der Waals surface area contributed by atoms with Gasteiger partial charge in [0, 0.05) is 17.7 Å². The van der Waals surface area contributed by atoms with Crippen LogP contribution < -0.4 is 0 Å². The van der Waals surface area contributed by atoms with Crippen LogP contribution in [-0.2, 0) is 14.2 Å². The molecule has 1 aliphatic carbocycles. The van der Waals surface area contributed by atoms with Crippen molar-refractivity contribution in [1.82, 2.24) is 0 Å². The summed E-state index contributed by atoms with van der Waals surface area (Å²) in [6.07, 6.45) is 6.39. The molecule has 0 radical (unpaired) electrons. The zero-order valence-electron chi connectivity index (χ0n) is 11.3. The van der Waals surface area contributed by atoms with Gasteiger partial charge in [0.2, 0.25) is 0 Å². The molecule has 1 saturated heterocycles. The molecule has 0 aromatic rings. The predicted octanol–water partition coefficient (Wildman–Crippen LogP) is 3.19. The van der Waals surface area contributed by atoms with Gasteiger partial charge in [-0.05, 0) is 18.8 Å². The van der Waals surface area contributed by atoms with Crippen LogP contribution in [-0.4, -0.2) is 43.5 Å². The van der Waals surface area contributed by atoms with Crippen LogP contribution >= 0.6 is 23.2 Å². The smallest absolute Gasteiger partial charge is 0.161 e. The van der Waals surface area contributed by atoms with Crippen molar-refractivity contribution >= 4 is 23.2 Å². The Morgan fingerprint density at radius 3 is 2.68 bits per heavy atom. The summed E-state index contributed by atoms with van der Waals surface area (Å²) in [5.74, 6) is 1.87. The van der Waals surface area contributed by atoms with Crippen LogP contribution in [0.3, 0.4) is 0 Å². The molecule has 0 unspecified atom stereocenters. The maximum Gasteiger partial charge on any atom is 0.161 e. The van der Waals surface area contributed by atoms with Crippen LogP contribution in [0.15, 0.2) is 12.2 Å². The van der Waals surface area contributed by atoms with Gasteiger partial charge < -0.3 is 14.2 Å². The van der Waals surface area contributed by atoms with Crippen LogP contribution in [0.2, 0.25) is 0 Å². The minimum Gasteiger partial charge on any atom is -0.373 e. The third-order valence-corrected chi connectivity index (χ3v) is 4.49. The lowest BCUT2D eigenvalue weighted by Gasteiger charge is -2.29. The Morgan fingerprint density at radius 1 is 1.26 bits per heavy atom. The summed E-state index contributed by atoms with van der Waals surface area (Å²) in [5.41, 5.74) is 0. The normalized spacial score (nSPS) is 35.2. The van der Waals surface area contributed by atoms with Crippen molar-refractivity contribution in [2.75, 3.05) is 25.0 Å². The summed E-state index contributed by atoms with van der Waals surface area (Å²) in [5, 5.41) is 0. The molecule has 1 aliphatic heterocycles. The van der Waals surface area contributed by atoms with Crippen molar-refractivity contribution in [1.29, 1.82) is 0 Å². The van der Waals surface area contributed by atoms with E-state index in [-0.39, 0.29) is 18.5 Å². The number of allylic oxidation sites excluding steroid dienone is 2. The van der Waals surface area contributed by atoms with Gasteiger partial charge in [-0.15, -0.1) is 23.2 Å². The first kappa shape index (κ1) is 15.6. The molecule has 19 heavy (non-hydrogen) atoms. The topological polar surface area (TPSA) is 27.7 Å². The maximum atomic E-state index is 5.94. The Labute approximate surface area is 125 Å². The third kappa shape index (κ3) is 4.33. The van der Waals surface area contributed by atoms with E-state index in [2.05, 4.69) is 19.1 Å². The fourth-order valence-electron chi connectivity index (χ4n) is 2.51. The van der Waals surface area contributed by atoms with Crippen LogP contribution in [0.4, 0.5) is 0 Å². The van der Waals surface area contributed by atoms with E-state index >= 15 is 0 Å². The molecule has 2 rings (SSSR count). The summed E-state index contributed by atoms with van der Waals surface area (Å²) < 4.78 is 17.3. The van der Waals surface area contributed by atoms with Gasteiger partial charge in [0.25, 0.3) is 0 Å². The Hall–Kier alpha value is 0.200. The Kier molecular flexibility index (Phi) is 6.43. The maximum absolute atomic E-state index is 5.94. The van der Waals surface area contributed by atoms with Gasteiger partial charge in [0.15, 0.2) is 6.29 Å². The van der Waals surface area contributed by atoms with Crippen molar-refractivity contribution in [3.05, 3.63) is 12.2 Å². The molecular weight excluding hydrogens is 287 g/mol. The van der Waals surface area contributed by atoms with Crippen molar-refractivity contribution in [3.8, 4) is 0 Å². The minimum atomic E-state index is -0.109. The van der Waals surface area contributed by atoms with Gasteiger partial charge in [-0.3, -0.25) is 0 Å². The van der Waals surface area contributed by atoms with Gasteiger partial charge in [-0.2, -0.15) is 0 Å². The fourth-order valence-corrected chi connectivity index (χ4v) is 3.01. The van der Waals surface area contributed by atoms with Gasteiger partial charge in [0.05, 0.1) is 19.3 Å². The molecule has 0 spiro atoms. The van der Waals surface area contributed by atoms with E-state index < -0.39 is 0 Å². The van der Waals surface area contributed by atoms with E-state index in [1.165, 1.54) is 0 Å². The molecule has 0 aromatic carbocycles. The number of alkyl halides is 2. The zero-order valence-corrected chi connectivity index (χ0v) is 12.8. The summed E-state index contributed by atoms with van der Waals surface area (Å²) in [4.78, 5) is 0. The number of rotatable bonds is 6. The van der Waals surface area contributed by atoms with E-state index in [0.29, 0.717) is 36.8 Å². The molecule has 0 N–H and O–H groups in total. The summed E-state index contributed by atoms with van der Waals surface area (Å²) >= 11 is 11.5. The quantitative estimate of drug-likeness (QED) is 0.557. The highest BCUT2D eigenvalue weighted by atomic mass is 35.5.